The molecule has 0 aromatic heterocycles. The predicted octanol–water partition coefficient (Wildman–Crippen LogP) is 3.48. The van der Waals surface area contributed by atoms with Crippen molar-refractivity contribution in [2.75, 3.05) is 32.8 Å². The summed E-state index contributed by atoms with van der Waals surface area (Å²) in [6.45, 7) is 7.17. The number of hydrogen-bond acceptors (Lipinski definition) is 5. The summed E-state index contributed by atoms with van der Waals surface area (Å²) in [6, 6.07) is 13.0. The van der Waals surface area contributed by atoms with Gasteiger partial charge in [-0.15, -0.1) is 0 Å². The number of allylic oxidation sites excluding steroid dienone is 1. The summed E-state index contributed by atoms with van der Waals surface area (Å²) in [4.78, 5) is 56.0. The van der Waals surface area contributed by atoms with Crippen molar-refractivity contribution in [3.05, 3.63) is 82.3 Å². The van der Waals surface area contributed by atoms with E-state index in [9.17, 15) is 23.6 Å². The third-order valence-electron chi connectivity index (χ3n) is 7.10. The molecule has 0 radical (unpaired) electrons. The van der Waals surface area contributed by atoms with Crippen LogP contribution in [0, 0.1) is 5.82 Å². The van der Waals surface area contributed by atoms with Gasteiger partial charge in [0.2, 0.25) is 11.8 Å². The van der Waals surface area contributed by atoms with E-state index in [2.05, 4.69) is 0 Å². The number of ether oxygens (including phenoxy) is 1. The minimum absolute atomic E-state index is 0.00412. The molecule has 3 amide bonds. The zero-order valence-electron chi connectivity index (χ0n) is 21.9. The topological polar surface area (TPSA) is 87.2 Å². The number of esters is 1. The molecule has 0 bridgehead atoms. The Labute approximate surface area is 221 Å². The van der Waals surface area contributed by atoms with Gasteiger partial charge in [0, 0.05) is 56.7 Å². The van der Waals surface area contributed by atoms with E-state index in [4.69, 9.17) is 4.74 Å². The molecular formula is C29H32FN3O5. The smallest absolute Gasteiger partial charge is 0.336 e. The lowest BCUT2D eigenvalue weighted by Crippen LogP contribution is -2.50. The van der Waals surface area contributed by atoms with E-state index in [0.29, 0.717) is 48.6 Å². The number of carbonyl (C=O) groups excluding carboxylic acids is 4. The van der Waals surface area contributed by atoms with Crippen molar-refractivity contribution >= 4 is 23.7 Å². The average Bonchev–Trinajstić information content (AvgIpc) is 2.90. The Bertz CT molecular complexity index is 1280. The molecule has 1 unspecified atom stereocenters. The predicted molar refractivity (Wildman–Crippen MR) is 138 cm³/mol. The van der Waals surface area contributed by atoms with E-state index in [1.807, 2.05) is 6.07 Å². The Morgan fingerprint density at radius 3 is 2.34 bits per heavy atom. The molecule has 8 nitrogen and oxygen atoms in total. The molecule has 9 heteroatoms. The maximum atomic E-state index is 14.0. The molecule has 38 heavy (non-hydrogen) atoms. The van der Waals surface area contributed by atoms with Gasteiger partial charge >= 0.3 is 5.97 Å². The Hall–Kier alpha value is -4.01. The Morgan fingerprint density at radius 2 is 1.68 bits per heavy atom. The highest BCUT2D eigenvalue weighted by molar-refractivity contribution is 5.96. The van der Waals surface area contributed by atoms with E-state index < -0.39 is 17.7 Å². The molecule has 4 rings (SSSR count). The lowest BCUT2D eigenvalue weighted by molar-refractivity contribution is -0.140. The molecule has 0 spiro atoms. The van der Waals surface area contributed by atoms with Gasteiger partial charge in [0.1, 0.15) is 5.82 Å². The summed E-state index contributed by atoms with van der Waals surface area (Å²) in [6.07, 6.45) is -0.00596. The third-order valence-corrected chi connectivity index (χ3v) is 7.10. The summed E-state index contributed by atoms with van der Waals surface area (Å²) in [5, 5.41) is 0. The van der Waals surface area contributed by atoms with Crippen molar-refractivity contribution in [3.63, 3.8) is 0 Å². The normalized spacial score (nSPS) is 18.1. The molecule has 2 aliphatic heterocycles. The maximum Gasteiger partial charge on any atom is 0.336 e. The number of halogens is 1. The van der Waals surface area contributed by atoms with Gasteiger partial charge in [-0.05, 0) is 49.2 Å². The summed E-state index contributed by atoms with van der Waals surface area (Å²) in [5.41, 5.74) is 2.54. The van der Waals surface area contributed by atoms with Crippen molar-refractivity contribution in [2.24, 2.45) is 0 Å². The van der Waals surface area contributed by atoms with Crippen LogP contribution >= 0.6 is 0 Å². The van der Waals surface area contributed by atoms with Crippen LogP contribution in [-0.2, 0) is 25.7 Å². The van der Waals surface area contributed by atoms with Crippen LogP contribution in [0.2, 0.25) is 0 Å². The van der Waals surface area contributed by atoms with Crippen LogP contribution in [0.1, 0.15) is 54.6 Å². The van der Waals surface area contributed by atoms with Crippen LogP contribution in [-0.4, -0.2) is 71.2 Å². The Morgan fingerprint density at radius 1 is 1.00 bits per heavy atom. The van der Waals surface area contributed by atoms with Crippen LogP contribution in [0.15, 0.2) is 59.8 Å². The minimum Gasteiger partial charge on any atom is -0.463 e. The SMILES string of the molecule is CCOC(=O)C1=C(C)N(Cc2cccc(C(=O)N3CCN(C(C)=O)CC3)c2)C(=O)CC1c1cccc(F)c1. The first-order chi connectivity index (χ1) is 18.2. The zero-order chi connectivity index (χ0) is 27.4. The first kappa shape index (κ1) is 27.0. The number of nitrogens with zero attached hydrogens (tertiary/aromatic N) is 3. The molecular weight excluding hydrogens is 489 g/mol. The number of carbonyl (C=O) groups is 4. The zero-order valence-corrected chi connectivity index (χ0v) is 21.9. The fourth-order valence-corrected chi connectivity index (χ4v) is 5.08. The van der Waals surface area contributed by atoms with Crippen LogP contribution < -0.4 is 0 Å². The van der Waals surface area contributed by atoms with E-state index in [1.165, 1.54) is 24.0 Å². The second kappa shape index (κ2) is 11.6. The second-order valence-corrected chi connectivity index (χ2v) is 9.51. The molecule has 0 aliphatic carbocycles. The Balaban J connectivity index is 1.58. The maximum absolute atomic E-state index is 14.0. The highest BCUT2D eigenvalue weighted by Crippen LogP contribution is 2.38. The lowest BCUT2D eigenvalue weighted by atomic mass is 9.83. The standard InChI is InChI=1S/C29H32FN3O5/c1-4-38-29(37)27-19(2)33(26(35)17-25(27)22-8-6-10-24(30)16-22)18-21-7-5-9-23(15-21)28(36)32-13-11-31(12-14-32)20(3)34/h5-10,15-16,25H,4,11-14,17-18H2,1-3H3. The molecule has 0 saturated carbocycles. The Kier molecular flexibility index (Phi) is 8.24. The molecule has 200 valence electrons. The molecule has 1 saturated heterocycles. The quantitative estimate of drug-likeness (QED) is 0.544. The monoisotopic (exact) mass is 521 g/mol. The van der Waals surface area contributed by atoms with Crippen molar-refractivity contribution in [3.8, 4) is 0 Å². The van der Waals surface area contributed by atoms with Gasteiger partial charge in [-0.2, -0.15) is 0 Å². The van der Waals surface area contributed by atoms with E-state index >= 15 is 0 Å². The number of piperazine rings is 1. The largest absolute Gasteiger partial charge is 0.463 e. The molecule has 1 atom stereocenters. The molecule has 2 heterocycles. The first-order valence-corrected chi connectivity index (χ1v) is 12.8. The van der Waals surface area contributed by atoms with Gasteiger partial charge in [-0.25, -0.2) is 9.18 Å². The summed E-state index contributed by atoms with van der Waals surface area (Å²) < 4.78 is 19.3. The summed E-state index contributed by atoms with van der Waals surface area (Å²) in [5.74, 6) is -1.94. The molecule has 2 aliphatic rings. The van der Waals surface area contributed by atoms with Gasteiger partial charge in [0.05, 0.1) is 18.7 Å². The van der Waals surface area contributed by atoms with Crippen LogP contribution in [0.3, 0.4) is 0 Å². The highest BCUT2D eigenvalue weighted by Gasteiger charge is 2.37. The third kappa shape index (κ3) is 5.77. The number of benzene rings is 2. The van der Waals surface area contributed by atoms with Gasteiger partial charge < -0.3 is 19.4 Å². The van der Waals surface area contributed by atoms with E-state index in [-0.39, 0.29) is 37.3 Å². The van der Waals surface area contributed by atoms with E-state index in [0.717, 1.165) is 5.56 Å². The van der Waals surface area contributed by atoms with Gasteiger partial charge in [-0.1, -0.05) is 24.3 Å². The van der Waals surface area contributed by atoms with Crippen LogP contribution in [0.25, 0.3) is 0 Å². The fraction of sp³-hybridized carbons (Fsp3) is 0.379. The van der Waals surface area contributed by atoms with Gasteiger partial charge in [-0.3, -0.25) is 14.4 Å². The summed E-state index contributed by atoms with van der Waals surface area (Å²) in [7, 11) is 0. The lowest BCUT2D eigenvalue weighted by Gasteiger charge is -2.35. The fourth-order valence-electron chi connectivity index (χ4n) is 5.08. The first-order valence-electron chi connectivity index (χ1n) is 12.8. The van der Waals surface area contributed by atoms with Crippen molar-refractivity contribution in [1.82, 2.24) is 14.7 Å². The molecule has 2 aromatic carbocycles. The number of amides is 3. The molecule has 2 aromatic rings. The highest BCUT2D eigenvalue weighted by atomic mass is 19.1. The molecule has 0 N–H and O–H groups in total. The van der Waals surface area contributed by atoms with Crippen molar-refractivity contribution in [2.45, 2.75) is 39.7 Å². The van der Waals surface area contributed by atoms with Crippen molar-refractivity contribution in [1.29, 1.82) is 0 Å². The van der Waals surface area contributed by atoms with Gasteiger partial charge in [0.25, 0.3) is 5.91 Å². The van der Waals surface area contributed by atoms with E-state index in [1.54, 1.807) is 54.0 Å². The van der Waals surface area contributed by atoms with Crippen LogP contribution in [0.4, 0.5) is 4.39 Å². The number of hydrogen-bond donors (Lipinski definition) is 0. The summed E-state index contributed by atoms with van der Waals surface area (Å²) >= 11 is 0. The molecule has 1 fully saturated rings. The average molecular weight is 522 g/mol. The number of rotatable bonds is 6. The second-order valence-electron chi connectivity index (χ2n) is 9.51. The van der Waals surface area contributed by atoms with Crippen molar-refractivity contribution < 1.29 is 28.3 Å². The minimum atomic E-state index is -0.616. The van der Waals surface area contributed by atoms with Crippen LogP contribution in [0.5, 0.6) is 0 Å². The van der Waals surface area contributed by atoms with Gasteiger partial charge in [0.15, 0.2) is 0 Å².